The second kappa shape index (κ2) is 10.1. The SMILES string of the molecule is CCOP(=O)(OCC)c1nc(-c2cccc3ccccc23)oc1NCCc1ccccc1. The molecule has 0 saturated heterocycles. The topological polar surface area (TPSA) is 73.6 Å². The Morgan fingerprint density at radius 3 is 2.34 bits per heavy atom. The van der Waals surface area contributed by atoms with Gasteiger partial charge in [0.25, 0.3) is 0 Å². The summed E-state index contributed by atoms with van der Waals surface area (Å²) in [6.45, 7) is 4.60. The van der Waals surface area contributed by atoms with Gasteiger partial charge in [-0.25, -0.2) is 0 Å². The molecule has 4 aromatic rings. The number of fused-ring (bicyclic) bond motifs is 1. The van der Waals surface area contributed by atoms with E-state index in [4.69, 9.17) is 13.5 Å². The van der Waals surface area contributed by atoms with Gasteiger partial charge < -0.3 is 18.8 Å². The van der Waals surface area contributed by atoms with Crippen LogP contribution in [0.1, 0.15) is 19.4 Å². The summed E-state index contributed by atoms with van der Waals surface area (Å²) < 4.78 is 30.8. The zero-order valence-electron chi connectivity index (χ0n) is 18.3. The Bertz CT molecular complexity index is 1210. The molecule has 6 nitrogen and oxygen atoms in total. The van der Waals surface area contributed by atoms with Gasteiger partial charge in [-0.2, -0.15) is 4.98 Å². The fourth-order valence-corrected chi connectivity index (χ4v) is 5.19. The van der Waals surface area contributed by atoms with Crippen LogP contribution in [0.25, 0.3) is 22.2 Å². The van der Waals surface area contributed by atoms with Crippen molar-refractivity contribution in [3.8, 4) is 11.5 Å². The van der Waals surface area contributed by atoms with Crippen LogP contribution in [-0.2, 0) is 20.0 Å². The maximum atomic E-state index is 13.6. The van der Waals surface area contributed by atoms with Gasteiger partial charge in [0.15, 0.2) is 0 Å². The van der Waals surface area contributed by atoms with E-state index in [0.29, 0.717) is 18.3 Å². The van der Waals surface area contributed by atoms with Crippen molar-refractivity contribution in [3.05, 3.63) is 78.4 Å². The maximum Gasteiger partial charge on any atom is 0.385 e. The highest BCUT2D eigenvalue weighted by Gasteiger charge is 2.36. The zero-order chi connectivity index (χ0) is 22.4. The van der Waals surface area contributed by atoms with Gasteiger partial charge in [-0.3, -0.25) is 4.57 Å². The summed E-state index contributed by atoms with van der Waals surface area (Å²) in [7, 11) is -3.65. The van der Waals surface area contributed by atoms with E-state index in [1.54, 1.807) is 13.8 Å². The van der Waals surface area contributed by atoms with Gasteiger partial charge >= 0.3 is 7.60 Å². The normalized spacial score (nSPS) is 11.7. The minimum absolute atomic E-state index is 0.178. The van der Waals surface area contributed by atoms with E-state index in [1.807, 2.05) is 60.7 Å². The number of nitrogens with zero attached hydrogens (tertiary/aromatic N) is 1. The van der Waals surface area contributed by atoms with E-state index in [0.717, 1.165) is 22.8 Å². The number of nitrogens with one attached hydrogen (secondary N) is 1. The first-order valence-corrected chi connectivity index (χ1v) is 12.4. The standard InChI is InChI=1S/C25H27N2O4P/c1-3-29-32(28,30-4-2)25-24(26-18-17-19-11-6-5-7-12-19)31-23(27-25)22-16-10-14-20-13-8-9-15-21(20)22/h5-16,26H,3-4,17-18H2,1-2H3. The van der Waals surface area contributed by atoms with Crippen molar-refractivity contribution in [2.24, 2.45) is 0 Å². The van der Waals surface area contributed by atoms with E-state index in [-0.39, 0.29) is 18.6 Å². The Balaban J connectivity index is 1.73. The largest absolute Gasteiger partial charge is 0.420 e. The Labute approximate surface area is 188 Å². The Morgan fingerprint density at radius 2 is 1.59 bits per heavy atom. The highest BCUT2D eigenvalue weighted by Crippen LogP contribution is 2.49. The lowest BCUT2D eigenvalue weighted by Gasteiger charge is -2.15. The van der Waals surface area contributed by atoms with Crippen molar-refractivity contribution in [2.45, 2.75) is 20.3 Å². The lowest BCUT2D eigenvalue weighted by molar-refractivity contribution is 0.229. The predicted molar refractivity (Wildman–Crippen MR) is 129 cm³/mol. The second-order valence-corrected chi connectivity index (χ2v) is 9.13. The van der Waals surface area contributed by atoms with Gasteiger partial charge in [0.05, 0.1) is 13.2 Å². The molecular formula is C25H27N2O4P. The molecule has 1 N–H and O–H groups in total. The molecule has 0 aliphatic heterocycles. The van der Waals surface area contributed by atoms with Gasteiger partial charge in [-0.05, 0) is 42.7 Å². The minimum atomic E-state index is -3.65. The zero-order valence-corrected chi connectivity index (χ0v) is 19.2. The van der Waals surface area contributed by atoms with Crippen molar-refractivity contribution >= 4 is 29.7 Å². The molecule has 0 saturated carbocycles. The fourth-order valence-electron chi connectivity index (χ4n) is 3.60. The Hall–Kier alpha value is -2.92. The molecule has 32 heavy (non-hydrogen) atoms. The van der Waals surface area contributed by atoms with E-state index in [1.165, 1.54) is 5.56 Å². The molecule has 4 rings (SSSR count). The van der Waals surface area contributed by atoms with Gasteiger partial charge in [0.2, 0.25) is 17.2 Å². The number of hydrogen-bond donors (Lipinski definition) is 1. The number of aromatic nitrogens is 1. The smallest absolute Gasteiger partial charge is 0.385 e. The van der Waals surface area contributed by atoms with Gasteiger partial charge in [-0.15, -0.1) is 0 Å². The summed E-state index contributed by atoms with van der Waals surface area (Å²) in [5, 5.41) is 5.33. The number of anilines is 1. The van der Waals surface area contributed by atoms with Crippen LogP contribution >= 0.6 is 7.60 Å². The van der Waals surface area contributed by atoms with Crippen molar-refractivity contribution in [1.82, 2.24) is 4.98 Å². The summed E-state index contributed by atoms with van der Waals surface area (Å²) in [6.07, 6.45) is 0.776. The number of oxazole rings is 1. The van der Waals surface area contributed by atoms with Crippen molar-refractivity contribution < 1.29 is 18.0 Å². The molecule has 3 aromatic carbocycles. The summed E-state index contributed by atoms with van der Waals surface area (Å²) in [4.78, 5) is 4.62. The number of rotatable bonds is 10. The fraction of sp³-hybridized carbons (Fsp3) is 0.240. The minimum Gasteiger partial charge on any atom is -0.420 e. The lowest BCUT2D eigenvalue weighted by atomic mass is 10.0. The highest BCUT2D eigenvalue weighted by molar-refractivity contribution is 7.62. The highest BCUT2D eigenvalue weighted by atomic mass is 31.2. The molecule has 166 valence electrons. The van der Waals surface area contributed by atoms with Crippen LogP contribution in [-0.4, -0.2) is 24.7 Å². The first-order valence-electron chi connectivity index (χ1n) is 10.8. The van der Waals surface area contributed by atoms with Crippen LogP contribution in [0.3, 0.4) is 0 Å². The van der Waals surface area contributed by atoms with E-state index < -0.39 is 7.60 Å². The third-order valence-electron chi connectivity index (χ3n) is 5.03. The monoisotopic (exact) mass is 450 g/mol. The molecular weight excluding hydrogens is 423 g/mol. The van der Waals surface area contributed by atoms with E-state index in [9.17, 15) is 4.57 Å². The third-order valence-corrected chi connectivity index (χ3v) is 7.05. The summed E-state index contributed by atoms with van der Waals surface area (Å²) in [6, 6.07) is 24.1. The molecule has 0 amide bonds. The molecule has 0 fully saturated rings. The third kappa shape index (κ3) is 4.78. The number of hydrogen-bond acceptors (Lipinski definition) is 6. The van der Waals surface area contributed by atoms with Crippen LogP contribution in [0, 0.1) is 0 Å². The molecule has 0 spiro atoms. The average molecular weight is 450 g/mol. The summed E-state index contributed by atoms with van der Waals surface area (Å²) in [5.41, 5.74) is 2.19. The molecule has 0 atom stereocenters. The molecule has 0 aliphatic rings. The molecule has 0 radical (unpaired) electrons. The van der Waals surface area contributed by atoms with Crippen molar-refractivity contribution in [3.63, 3.8) is 0 Å². The molecule has 1 aromatic heterocycles. The van der Waals surface area contributed by atoms with E-state index in [2.05, 4.69) is 22.4 Å². The van der Waals surface area contributed by atoms with Crippen LogP contribution in [0.5, 0.6) is 0 Å². The van der Waals surface area contributed by atoms with Gasteiger partial charge in [0, 0.05) is 12.1 Å². The summed E-state index contributed by atoms with van der Waals surface area (Å²) >= 11 is 0. The van der Waals surface area contributed by atoms with Crippen LogP contribution in [0.2, 0.25) is 0 Å². The van der Waals surface area contributed by atoms with Crippen LogP contribution in [0.15, 0.2) is 77.2 Å². The van der Waals surface area contributed by atoms with Crippen LogP contribution in [0.4, 0.5) is 5.88 Å². The van der Waals surface area contributed by atoms with Crippen molar-refractivity contribution in [2.75, 3.05) is 25.1 Å². The van der Waals surface area contributed by atoms with Gasteiger partial charge in [0.1, 0.15) is 0 Å². The maximum absolute atomic E-state index is 13.6. The number of benzene rings is 3. The Morgan fingerprint density at radius 1 is 0.906 bits per heavy atom. The first-order chi connectivity index (χ1) is 15.6. The second-order valence-electron chi connectivity index (χ2n) is 7.19. The lowest BCUT2D eigenvalue weighted by Crippen LogP contribution is -2.17. The predicted octanol–water partition coefficient (Wildman–Crippen LogP) is 6.04. The summed E-state index contributed by atoms with van der Waals surface area (Å²) in [5.74, 6) is 0.688. The van der Waals surface area contributed by atoms with E-state index >= 15 is 0 Å². The molecule has 0 unspecified atom stereocenters. The molecule has 7 heteroatoms. The quantitative estimate of drug-likeness (QED) is 0.297. The Kier molecular flexibility index (Phi) is 7.05. The van der Waals surface area contributed by atoms with Crippen molar-refractivity contribution in [1.29, 1.82) is 0 Å². The van der Waals surface area contributed by atoms with Crippen LogP contribution < -0.4 is 10.8 Å². The van der Waals surface area contributed by atoms with Gasteiger partial charge in [-0.1, -0.05) is 66.7 Å². The average Bonchev–Trinajstić information content (AvgIpc) is 3.24. The first kappa shape index (κ1) is 22.3. The molecule has 0 aliphatic carbocycles. The molecule has 1 heterocycles. The molecule has 0 bridgehead atoms.